The summed E-state index contributed by atoms with van der Waals surface area (Å²) in [5, 5.41) is 0. The van der Waals surface area contributed by atoms with E-state index in [2.05, 4.69) is 23.7 Å². The second-order valence-corrected chi connectivity index (χ2v) is 11.1. The van der Waals surface area contributed by atoms with Crippen LogP contribution in [0.3, 0.4) is 0 Å². The molecule has 0 aliphatic carbocycles. The van der Waals surface area contributed by atoms with Gasteiger partial charge in [-0.05, 0) is 89.0 Å². The SMILES string of the molecule is Nc1ccc(-c2ccccc2C(=O)OCc2ccc(C#Cc3ccccc3)cc2)c(C(=O)OCc2ccc(C#Cc3ccccc3)cc2)c1. The summed E-state index contributed by atoms with van der Waals surface area (Å²) in [5.74, 6) is 11.5. The van der Waals surface area contributed by atoms with Gasteiger partial charge in [0.05, 0.1) is 11.1 Å². The number of anilines is 1. The molecule has 2 N–H and O–H groups in total. The second kappa shape index (κ2) is 15.6. The Morgan fingerprint density at radius 1 is 0.449 bits per heavy atom. The van der Waals surface area contributed by atoms with Crippen LogP contribution in [-0.4, -0.2) is 11.9 Å². The first-order valence-corrected chi connectivity index (χ1v) is 15.7. The molecule has 0 aliphatic rings. The van der Waals surface area contributed by atoms with Crippen LogP contribution in [0.25, 0.3) is 11.1 Å². The van der Waals surface area contributed by atoms with E-state index in [1.165, 1.54) is 0 Å². The highest BCUT2D eigenvalue weighted by Gasteiger charge is 2.20. The van der Waals surface area contributed by atoms with Crippen LogP contribution in [0.4, 0.5) is 5.69 Å². The first kappa shape index (κ1) is 32.1. The lowest BCUT2D eigenvalue weighted by Gasteiger charge is -2.14. The van der Waals surface area contributed by atoms with Crippen molar-refractivity contribution in [2.75, 3.05) is 5.73 Å². The predicted octanol–water partition coefficient (Wildman–Crippen LogP) is 8.45. The van der Waals surface area contributed by atoms with Gasteiger partial charge >= 0.3 is 11.9 Å². The van der Waals surface area contributed by atoms with Gasteiger partial charge in [0.15, 0.2) is 0 Å². The normalized spacial score (nSPS) is 10.1. The molecule has 0 unspecified atom stereocenters. The molecule has 6 rings (SSSR count). The standard InChI is InChI=1S/C44H31NO4/c45-38-27-28-40(42(29-38)44(47)49-31-37-25-21-35(22-26-37)18-16-33-11-5-2-6-12-33)39-13-7-8-14-41(39)43(46)48-30-36-23-19-34(20-24-36)17-15-32-9-3-1-4-10-32/h1-14,19-29H,30-31,45H2. The van der Waals surface area contributed by atoms with Crippen molar-refractivity contribution in [3.63, 3.8) is 0 Å². The molecular formula is C44H31NO4. The van der Waals surface area contributed by atoms with E-state index < -0.39 is 11.9 Å². The van der Waals surface area contributed by atoms with Crippen molar-refractivity contribution in [2.45, 2.75) is 13.2 Å². The zero-order chi connectivity index (χ0) is 33.8. The monoisotopic (exact) mass is 637 g/mol. The third-order valence-electron chi connectivity index (χ3n) is 7.60. The molecule has 236 valence electrons. The topological polar surface area (TPSA) is 78.6 Å². The molecule has 0 amide bonds. The minimum atomic E-state index is -0.561. The summed E-state index contributed by atoms with van der Waals surface area (Å²) in [5.41, 5.74) is 13.3. The molecule has 0 aliphatic heterocycles. The third-order valence-corrected chi connectivity index (χ3v) is 7.60. The number of nitrogen functional groups attached to an aromatic ring is 1. The van der Waals surface area contributed by atoms with Crippen LogP contribution in [0.15, 0.2) is 152 Å². The fourth-order valence-electron chi connectivity index (χ4n) is 5.02. The molecule has 0 heterocycles. The number of carbonyl (C=O) groups is 2. The Kier molecular flexibility index (Phi) is 10.3. The van der Waals surface area contributed by atoms with Gasteiger partial charge in [0.25, 0.3) is 0 Å². The molecule has 49 heavy (non-hydrogen) atoms. The van der Waals surface area contributed by atoms with Gasteiger partial charge in [-0.2, -0.15) is 0 Å². The van der Waals surface area contributed by atoms with Gasteiger partial charge in [-0.25, -0.2) is 9.59 Å². The number of benzene rings is 6. The highest BCUT2D eigenvalue weighted by molar-refractivity contribution is 6.03. The number of ether oxygens (including phenoxy) is 2. The summed E-state index contributed by atoms with van der Waals surface area (Å²) in [6.07, 6.45) is 0. The number of rotatable bonds is 7. The Labute approximate surface area is 286 Å². The fourth-order valence-corrected chi connectivity index (χ4v) is 5.02. The van der Waals surface area contributed by atoms with Gasteiger partial charge in [0.1, 0.15) is 13.2 Å². The fraction of sp³-hybridized carbons (Fsp3) is 0.0455. The Morgan fingerprint density at radius 2 is 0.857 bits per heavy atom. The summed E-state index contributed by atoms with van der Waals surface area (Å²) < 4.78 is 11.4. The third kappa shape index (κ3) is 8.71. The Bertz CT molecular complexity index is 2200. The largest absolute Gasteiger partial charge is 0.457 e. The zero-order valence-electron chi connectivity index (χ0n) is 26.6. The molecule has 0 bridgehead atoms. The number of nitrogens with two attached hydrogens (primary N) is 1. The van der Waals surface area contributed by atoms with Crippen molar-refractivity contribution in [1.29, 1.82) is 0 Å². The lowest BCUT2D eigenvalue weighted by atomic mass is 9.95. The van der Waals surface area contributed by atoms with E-state index in [0.717, 1.165) is 33.4 Å². The number of esters is 2. The maximum Gasteiger partial charge on any atom is 0.339 e. The average Bonchev–Trinajstić information content (AvgIpc) is 3.16. The van der Waals surface area contributed by atoms with Crippen LogP contribution in [0.1, 0.15) is 54.1 Å². The molecule has 0 fully saturated rings. The van der Waals surface area contributed by atoms with Crippen molar-refractivity contribution in [1.82, 2.24) is 0 Å². The van der Waals surface area contributed by atoms with Gasteiger partial charge in [-0.3, -0.25) is 0 Å². The van der Waals surface area contributed by atoms with Crippen LogP contribution < -0.4 is 5.73 Å². The minimum Gasteiger partial charge on any atom is -0.457 e. The predicted molar refractivity (Wildman–Crippen MR) is 192 cm³/mol. The molecular weight excluding hydrogens is 606 g/mol. The van der Waals surface area contributed by atoms with Gasteiger partial charge in [-0.15, -0.1) is 0 Å². The van der Waals surface area contributed by atoms with Crippen molar-refractivity contribution >= 4 is 17.6 Å². The molecule has 0 aromatic heterocycles. The summed E-state index contributed by atoms with van der Waals surface area (Å²) in [6, 6.07) is 46.6. The zero-order valence-corrected chi connectivity index (χ0v) is 26.6. The highest BCUT2D eigenvalue weighted by Crippen LogP contribution is 2.30. The van der Waals surface area contributed by atoms with E-state index in [1.54, 1.807) is 42.5 Å². The van der Waals surface area contributed by atoms with Gasteiger partial charge < -0.3 is 15.2 Å². The molecule has 6 aromatic rings. The van der Waals surface area contributed by atoms with Crippen LogP contribution in [0, 0.1) is 23.7 Å². The van der Waals surface area contributed by atoms with E-state index >= 15 is 0 Å². The summed E-state index contributed by atoms with van der Waals surface area (Å²) in [4.78, 5) is 26.8. The smallest absolute Gasteiger partial charge is 0.339 e. The first-order chi connectivity index (χ1) is 24.0. The molecule has 6 aromatic carbocycles. The van der Waals surface area contributed by atoms with Gasteiger partial charge in [0, 0.05) is 27.9 Å². The average molecular weight is 638 g/mol. The van der Waals surface area contributed by atoms with Crippen molar-refractivity contribution in [3.05, 3.63) is 196 Å². The summed E-state index contributed by atoms with van der Waals surface area (Å²) in [7, 11) is 0. The second-order valence-electron chi connectivity index (χ2n) is 11.1. The molecule has 0 saturated carbocycles. The molecule has 0 spiro atoms. The number of carbonyl (C=O) groups excluding carboxylic acids is 2. The van der Waals surface area contributed by atoms with Crippen LogP contribution in [0.2, 0.25) is 0 Å². The first-order valence-electron chi connectivity index (χ1n) is 15.7. The van der Waals surface area contributed by atoms with Crippen LogP contribution in [0.5, 0.6) is 0 Å². The quantitative estimate of drug-likeness (QED) is 0.108. The summed E-state index contributed by atoms with van der Waals surface area (Å²) >= 11 is 0. The lowest BCUT2D eigenvalue weighted by Crippen LogP contribution is -2.11. The maximum absolute atomic E-state index is 13.4. The Morgan fingerprint density at radius 3 is 1.37 bits per heavy atom. The van der Waals surface area contributed by atoms with Crippen molar-refractivity contribution in [3.8, 4) is 34.8 Å². The maximum atomic E-state index is 13.4. The van der Waals surface area contributed by atoms with Crippen LogP contribution in [-0.2, 0) is 22.7 Å². The van der Waals surface area contributed by atoms with E-state index in [1.807, 2.05) is 109 Å². The van der Waals surface area contributed by atoms with E-state index in [0.29, 0.717) is 22.4 Å². The lowest BCUT2D eigenvalue weighted by molar-refractivity contribution is 0.0462. The van der Waals surface area contributed by atoms with Gasteiger partial charge in [-0.1, -0.05) is 109 Å². The number of hydrogen-bond donors (Lipinski definition) is 1. The van der Waals surface area contributed by atoms with E-state index in [9.17, 15) is 9.59 Å². The highest BCUT2D eigenvalue weighted by atomic mass is 16.5. The van der Waals surface area contributed by atoms with Crippen LogP contribution >= 0.6 is 0 Å². The molecule has 0 atom stereocenters. The Balaban J connectivity index is 1.12. The Hall–Kier alpha value is -6.82. The van der Waals surface area contributed by atoms with E-state index in [4.69, 9.17) is 15.2 Å². The minimum absolute atomic E-state index is 0.0553. The molecule has 0 radical (unpaired) electrons. The van der Waals surface area contributed by atoms with E-state index in [-0.39, 0.29) is 18.8 Å². The van der Waals surface area contributed by atoms with Gasteiger partial charge in [0.2, 0.25) is 0 Å². The van der Waals surface area contributed by atoms with Crippen molar-refractivity contribution in [2.24, 2.45) is 0 Å². The molecule has 5 heteroatoms. The molecule has 5 nitrogen and oxygen atoms in total. The number of hydrogen-bond acceptors (Lipinski definition) is 5. The summed E-state index contributed by atoms with van der Waals surface area (Å²) in [6.45, 7) is 0.132. The molecule has 0 saturated heterocycles. The van der Waals surface area contributed by atoms with Crippen molar-refractivity contribution < 1.29 is 19.1 Å².